The smallest absolute Gasteiger partial charge is 0.0319 e. The van der Waals surface area contributed by atoms with Crippen LogP contribution in [0.15, 0.2) is 0 Å². The second-order valence-corrected chi connectivity index (χ2v) is 0. The monoisotopic (exact) mass is 141 g/mol. The minimum atomic E-state index is 0. The van der Waals surface area contributed by atoms with Gasteiger partial charge in [-0.05, 0) is 0 Å². The predicted octanol–water partition coefficient (Wildman–Crippen LogP) is -1.18. The molecule has 7 heavy (non-hydrogen) atoms. The molecule has 3 N–H and O–H groups in total. The van der Waals surface area contributed by atoms with E-state index in [2.05, 4.69) is 0 Å². The summed E-state index contributed by atoms with van der Waals surface area (Å²) in [7, 11) is 3.00. The van der Waals surface area contributed by atoms with E-state index in [9.17, 15) is 0 Å². The molecule has 0 bridgehead atoms. The van der Waals surface area contributed by atoms with Crippen molar-refractivity contribution in [3.63, 3.8) is 0 Å². The van der Waals surface area contributed by atoms with Crippen molar-refractivity contribution in [2.45, 2.75) is 0 Å². The molecule has 0 aromatic carbocycles. The van der Waals surface area contributed by atoms with Crippen molar-refractivity contribution in [1.29, 1.82) is 0 Å². The van der Waals surface area contributed by atoms with Crippen LogP contribution in [0.3, 0.4) is 0 Å². The summed E-state index contributed by atoms with van der Waals surface area (Å²) in [4.78, 5) is 0. The van der Waals surface area contributed by atoms with Gasteiger partial charge in [0, 0.05) is 47.2 Å². The number of hydrogen-bond donors (Lipinski definition) is 3. The van der Waals surface area contributed by atoms with E-state index in [0.29, 0.717) is 0 Å². The molecule has 0 spiro atoms. The van der Waals surface area contributed by atoms with Gasteiger partial charge < -0.3 is 15.3 Å². The van der Waals surface area contributed by atoms with Crippen LogP contribution < -0.4 is 0 Å². The van der Waals surface area contributed by atoms with Crippen molar-refractivity contribution in [3.05, 3.63) is 0 Å². The Morgan fingerprint density at radius 1 is 0.571 bits per heavy atom. The van der Waals surface area contributed by atoms with Gasteiger partial charge in [0.2, 0.25) is 0 Å². The van der Waals surface area contributed by atoms with Gasteiger partial charge in [0.05, 0.1) is 0 Å². The van der Waals surface area contributed by atoms with E-state index in [1.165, 1.54) is 0 Å². The van der Waals surface area contributed by atoms with Gasteiger partial charge >= 0.3 is 0 Å². The molecule has 0 rings (SSSR count). The zero-order chi connectivity index (χ0) is 6.00. The van der Waals surface area contributed by atoms with Crippen LogP contribution in [0.25, 0.3) is 0 Å². The largest absolute Gasteiger partial charge is 0.400 e. The predicted molar refractivity (Wildman–Crippen MR) is 24.4 cm³/mol. The first-order chi connectivity index (χ1) is 3.00. The first-order valence-corrected chi connectivity index (χ1v) is 1.34. The van der Waals surface area contributed by atoms with E-state index in [4.69, 9.17) is 15.3 Å². The third-order valence-corrected chi connectivity index (χ3v) is 0. The molecule has 0 aliphatic carbocycles. The van der Waals surface area contributed by atoms with Crippen LogP contribution in [0.2, 0.25) is 0 Å². The molecule has 0 heterocycles. The van der Waals surface area contributed by atoms with Crippen molar-refractivity contribution < 1.29 is 41.2 Å². The van der Waals surface area contributed by atoms with Gasteiger partial charge in [0.25, 0.3) is 0 Å². The standard InChI is InChI=1S/3CH4O.Sc/c3*1-2;/h3*2H,1H3;. The first kappa shape index (κ1) is 25.1. The van der Waals surface area contributed by atoms with Crippen LogP contribution in [0.1, 0.15) is 0 Å². The maximum absolute atomic E-state index is 7.00. The molecule has 0 atom stereocenters. The summed E-state index contributed by atoms with van der Waals surface area (Å²) in [5, 5.41) is 21.0. The second kappa shape index (κ2) is 397. The molecule has 0 saturated carbocycles. The average molecular weight is 141 g/mol. The Morgan fingerprint density at radius 3 is 0.571 bits per heavy atom. The summed E-state index contributed by atoms with van der Waals surface area (Å²) in [6, 6.07) is 0. The third-order valence-electron chi connectivity index (χ3n) is 0. The number of aliphatic hydroxyl groups excluding tert-OH is 3. The number of rotatable bonds is 0. The average Bonchev–Trinajstić information content (AvgIpc) is 1.81. The minimum Gasteiger partial charge on any atom is -0.400 e. The number of hydrogen-bond acceptors (Lipinski definition) is 3. The minimum absolute atomic E-state index is 0. The second-order valence-electron chi connectivity index (χ2n) is 0. The van der Waals surface area contributed by atoms with Crippen molar-refractivity contribution >= 4 is 0 Å². The van der Waals surface area contributed by atoms with Crippen LogP contribution in [-0.2, 0) is 25.8 Å². The van der Waals surface area contributed by atoms with Gasteiger partial charge in [-0.1, -0.05) is 0 Å². The molecule has 4 heteroatoms. The normalized spacial score (nSPS) is 2.57. The molecule has 1 radical (unpaired) electrons. The summed E-state index contributed by atoms with van der Waals surface area (Å²) in [5.41, 5.74) is 0. The SMILES string of the molecule is CO.CO.CO.[Sc]. The van der Waals surface area contributed by atoms with Crippen molar-refractivity contribution in [2.75, 3.05) is 21.3 Å². The molecule has 0 saturated heterocycles. The summed E-state index contributed by atoms with van der Waals surface area (Å²) in [6.45, 7) is 0. The molecule has 45 valence electrons. The topological polar surface area (TPSA) is 60.7 Å². The fraction of sp³-hybridized carbons (Fsp3) is 1.00. The van der Waals surface area contributed by atoms with Crippen molar-refractivity contribution in [3.8, 4) is 0 Å². The van der Waals surface area contributed by atoms with E-state index in [0.717, 1.165) is 21.3 Å². The fourth-order valence-electron chi connectivity index (χ4n) is 0. The van der Waals surface area contributed by atoms with Crippen LogP contribution in [0, 0.1) is 0 Å². The zero-order valence-corrected chi connectivity index (χ0v) is 6.72. The quantitative estimate of drug-likeness (QED) is 0.398. The van der Waals surface area contributed by atoms with Gasteiger partial charge in [-0.3, -0.25) is 0 Å². The van der Waals surface area contributed by atoms with Crippen LogP contribution in [0.5, 0.6) is 0 Å². The van der Waals surface area contributed by atoms with Gasteiger partial charge in [-0.25, -0.2) is 0 Å². The summed E-state index contributed by atoms with van der Waals surface area (Å²) >= 11 is 0. The Morgan fingerprint density at radius 2 is 0.571 bits per heavy atom. The molecule has 0 aliphatic rings. The summed E-state index contributed by atoms with van der Waals surface area (Å²) < 4.78 is 0. The molecule has 0 fully saturated rings. The Hall–Kier alpha value is 0.750. The third kappa shape index (κ3) is 271. The van der Waals surface area contributed by atoms with E-state index < -0.39 is 0 Å². The Balaban J connectivity index is -0.00000000900. The van der Waals surface area contributed by atoms with Crippen molar-refractivity contribution in [2.24, 2.45) is 0 Å². The van der Waals surface area contributed by atoms with Gasteiger partial charge in [0.15, 0.2) is 0 Å². The molecule has 0 aliphatic heterocycles. The van der Waals surface area contributed by atoms with E-state index in [1.807, 2.05) is 0 Å². The fourth-order valence-corrected chi connectivity index (χ4v) is 0. The maximum Gasteiger partial charge on any atom is 0.0319 e. The molecule has 3 nitrogen and oxygen atoms in total. The van der Waals surface area contributed by atoms with Crippen LogP contribution >= 0.6 is 0 Å². The van der Waals surface area contributed by atoms with Crippen LogP contribution in [-0.4, -0.2) is 36.6 Å². The van der Waals surface area contributed by atoms with Crippen molar-refractivity contribution in [1.82, 2.24) is 0 Å². The maximum atomic E-state index is 7.00. The van der Waals surface area contributed by atoms with E-state index in [-0.39, 0.29) is 25.8 Å². The number of aliphatic hydroxyl groups is 3. The van der Waals surface area contributed by atoms with E-state index >= 15 is 0 Å². The van der Waals surface area contributed by atoms with Gasteiger partial charge in [0.1, 0.15) is 0 Å². The first-order valence-electron chi connectivity index (χ1n) is 1.34. The molecule has 0 unspecified atom stereocenters. The Labute approximate surface area is 62.8 Å². The molecular formula is C3H12O3Sc. The Bertz CT molecular complexity index is 10.1. The summed E-state index contributed by atoms with van der Waals surface area (Å²) in [5.74, 6) is 0. The molecule has 0 aromatic rings. The molecular weight excluding hydrogens is 129 g/mol. The Kier molecular flexibility index (Phi) is 1420. The van der Waals surface area contributed by atoms with E-state index in [1.54, 1.807) is 0 Å². The van der Waals surface area contributed by atoms with Gasteiger partial charge in [-0.2, -0.15) is 0 Å². The molecule has 0 amide bonds. The molecule has 0 aromatic heterocycles. The summed E-state index contributed by atoms with van der Waals surface area (Å²) in [6.07, 6.45) is 0. The zero-order valence-electron chi connectivity index (χ0n) is 4.92. The van der Waals surface area contributed by atoms with Gasteiger partial charge in [-0.15, -0.1) is 0 Å². The van der Waals surface area contributed by atoms with Crippen LogP contribution in [0.4, 0.5) is 0 Å².